The van der Waals surface area contributed by atoms with E-state index in [9.17, 15) is 5.21 Å². The van der Waals surface area contributed by atoms with Crippen molar-refractivity contribution >= 4 is 0 Å². The summed E-state index contributed by atoms with van der Waals surface area (Å²) in [5.74, 6) is 0. The Morgan fingerprint density at radius 2 is 1.25 bits per heavy atom. The first-order valence-electron chi connectivity index (χ1n) is 8.39. The van der Waals surface area contributed by atoms with Crippen LogP contribution in [0, 0.1) is 5.21 Å². The molecule has 0 saturated carbocycles. The molecule has 0 aromatic heterocycles. The van der Waals surface area contributed by atoms with Crippen LogP contribution in [0.25, 0.3) is 0 Å². The Morgan fingerprint density at radius 1 is 0.800 bits per heavy atom. The number of rotatable bonds is 14. The van der Waals surface area contributed by atoms with E-state index < -0.39 is 6.29 Å². The van der Waals surface area contributed by atoms with Gasteiger partial charge in [0.25, 0.3) is 0 Å². The van der Waals surface area contributed by atoms with Crippen LogP contribution in [0.4, 0.5) is 0 Å². The lowest BCUT2D eigenvalue weighted by Gasteiger charge is -2.39. The highest BCUT2D eigenvalue weighted by atomic mass is 16.5. The molecule has 0 bridgehead atoms. The maximum absolute atomic E-state index is 12.0. The van der Waals surface area contributed by atoms with E-state index >= 15 is 0 Å². The van der Waals surface area contributed by atoms with Gasteiger partial charge in [-0.15, -0.1) is 0 Å². The molecule has 0 aliphatic carbocycles. The van der Waals surface area contributed by atoms with Crippen molar-refractivity contribution in [1.82, 2.24) is 0 Å². The summed E-state index contributed by atoms with van der Waals surface area (Å²) in [4.78, 5) is 0. The lowest BCUT2D eigenvalue weighted by atomic mass is 10.1. The van der Waals surface area contributed by atoms with Crippen LogP contribution in [0.3, 0.4) is 0 Å². The third kappa shape index (κ3) is 14.3. The number of hydroxylamine groups is 3. The molecule has 4 heteroatoms. The molecule has 0 rings (SSSR count). The molecule has 20 heavy (non-hydrogen) atoms. The zero-order valence-electron chi connectivity index (χ0n) is 13.5. The minimum absolute atomic E-state index is 0.164. The van der Waals surface area contributed by atoms with E-state index in [2.05, 4.69) is 6.92 Å². The number of aliphatic hydroxyl groups is 2. The van der Waals surface area contributed by atoms with Gasteiger partial charge < -0.3 is 20.1 Å². The minimum Gasteiger partial charge on any atom is -0.633 e. The van der Waals surface area contributed by atoms with E-state index in [0.717, 1.165) is 12.8 Å². The Labute approximate surface area is 125 Å². The zero-order chi connectivity index (χ0) is 15.3. The Morgan fingerprint density at radius 3 is 1.70 bits per heavy atom. The standard InChI is InChI=1S/C16H35NO3/c1-3-4-5-6-7-8-9-10-11-12-14-17(2,20)15-13-16(18)19/h16,18-19H,3-15H2,1-2H3. The van der Waals surface area contributed by atoms with E-state index in [1.165, 1.54) is 51.4 Å². The van der Waals surface area contributed by atoms with Crippen LogP contribution in [-0.2, 0) is 0 Å². The molecule has 0 aromatic carbocycles. The highest BCUT2D eigenvalue weighted by Crippen LogP contribution is 2.12. The van der Waals surface area contributed by atoms with E-state index in [0.29, 0.717) is 6.54 Å². The molecule has 0 fully saturated rings. The summed E-state index contributed by atoms with van der Waals surface area (Å²) in [7, 11) is 1.62. The van der Waals surface area contributed by atoms with Gasteiger partial charge in [-0.3, -0.25) is 0 Å². The molecule has 2 N–H and O–H groups in total. The maximum Gasteiger partial charge on any atom is 0.156 e. The molecule has 122 valence electrons. The SMILES string of the molecule is CCCCCCCCCCCC[N+](C)([O-])CCC(O)O. The fourth-order valence-electron chi connectivity index (χ4n) is 2.43. The molecule has 1 atom stereocenters. The normalized spacial score (nSPS) is 14.7. The zero-order valence-corrected chi connectivity index (χ0v) is 13.5. The van der Waals surface area contributed by atoms with Crippen LogP contribution in [0.5, 0.6) is 0 Å². The van der Waals surface area contributed by atoms with Gasteiger partial charge in [0.1, 0.15) is 0 Å². The van der Waals surface area contributed by atoms with Crippen LogP contribution in [0.1, 0.15) is 77.6 Å². The van der Waals surface area contributed by atoms with Gasteiger partial charge >= 0.3 is 0 Å². The van der Waals surface area contributed by atoms with E-state index in [-0.39, 0.29) is 17.6 Å². The fourth-order valence-corrected chi connectivity index (χ4v) is 2.43. The molecule has 0 spiro atoms. The van der Waals surface area contributed by atoms with Crippen LogP contribution >= 0.6 is 0 Å². The number of aliphatic hydroxyl groups excluding tert-OH is 1. The van der Waals surface area contributed by atoms with Gasteiger partial charge in [-0.25, -0.2) is 0 Å². The molecular formula is C16H35NO3. The van der Waals surface area contributed by atoms with Crippen molar-refractivity contribution in [3.63, 3.8) is 0 Å². The lowest BCUT2D eigenvalue weighted by molar-refractivity contribution is -0.861. The topological polar surface area (TPSA) is 63.5 Å². The molecule has 0 aromatic rings. The summed E-state index contributed by atoms with van der Waals surface area (Å²) in [5, 5.41) is 29.5. The predicted molar refractivity (Wildman–Crippen MR) is 84.0 cm³/mol. The second kappa shape index (κ2) is 12.6. The number of hydrogen-bond acceptors (Lipinski definition) is 3. The summed E-state index contributed by atoms with van der Waals surface area (Å²) >= 11 is 0. The number of unbranched alkanes of at least 4 members (excludes halogenated alkanes) is 9. The second-order valence-electron chi connectivity index (χ2n) is 6.20. The quantitative estimate of drug-likeness (QED) is 0.222. The maximum atomic E-state index is 12.0. The van der Waals surface area contributed by atoms with Gasteiger partial charge in [0, 0.05) is 6.42 Å². The molecule has 0 amide bonds. The van der Waals surface area contributed by atoms with E-state index in [1.54, 1.807) is 7.05 Å². The molecule has 0 radical (unpaired) electrons. The van der Waals surface area contributed by atoms with Crippen LogP contribution in [-0.4, -0.2) is 41.3 Å². The summed E-state index contributed by atoms with van der Waals surface area (Å²) in [6.07, 6.45) is 11.5. The largest absolute Gasteiger partial charge is 0.633 e. The fraction of sp³-hybridized carbons (Fsp3) is 1.00. The molecule has 0 heterocycles. The molecule has 1 unspecified atom stereocenters. The van der Waals surface area contributed by atoms with Crippen molar-refractivity contribution in [3.05, 3.63) is 5.21 Å². The van der Waals surface area contributed by atoms with Gasteiger partial charge in [-0.2, -0.15) is 0 Å². The molecule has 0 aliphatic heterocycles. The number of quaternary nitrogens is 1. The Kier molecular flexibility index (Phi) is 12.5. The Hall–Kier alpha value is -0.160. The first-order chi connectivity index (χ1) is 9.48. The van der Waals surface area contributed by atoms with Gasteiger partial charge in [0.15, 0.2) is 6.29 Å². The van der Waals surface area contributed by atoms with Crippen LogP contribution < -0.4 is 0 Å². The average Bonchev–Trinajstić information content (AvgIpc) is 2.39. The smallest absolute Gasteiger partial charge is 0.156 e. The highest BCUT2D eigenvalue weighted by Gasteiger charge is 2.11. The van der Waals surface area contributed by atoms with Gasteiger partial charge in [-0.05, 0) is 12.8 Å². The second-order valence-corrected chi connectivity index (χ2v) is 6.20. The van der Waals surface area contributed by atoms with E-state index in [4.69, 9.17) is 10.2 Å². The third-order valence-corrected chi connectivity index (χ3v) is 3.84. The molecule has 4 nitrogen and oxygen atoms in total. The van der Waals surface area contributed by atoms with Crippen molar-refractivity contribution < 1.29 is 14.9 Å². The van der Waals surface area contributed by atoms with Crippen molar-refractivity contribution in [2.75, 3.05) is 20.1 Å². The first kappa shape index (κ1) is 19.8. The highest BCUT2D eigenvalue weighted by molar-refractivity contribution is 4.49. The molecule has 0 saturated heterocycles. The van der Waals surface area contributed by atoms with Crippen LogP contribution in [0.15, 0.2) is 0 Å². The number of nitrogens with zero attached hydrogens (tertiary/aromatic N) is 1. The van der Waals surface area contributed by atoms with Crippen molar-refractivity contribution in [2.45, 2.75) is 83.8 Å². The number of hydrogen-bond donors (Lipinski definition) is 2. The minimum atomic E-state index is -1.35. The third-order valence-electron chi connectivity index (χ3n) is 3.84. The van der Waals surface area contributed by atoms with Gasteiger partial charge in [0.2, 0.25) is 0 Å². The van der Waals surface area contributed by atoms with Crippen molar-refractivity contribution in [1.29, 1.82) is 0 Å². The van der Waals surface area contributed by atoms with Crippen LogP contribution in [0.2, 0.25) is 0 Å². The van der Waals surface area contributed by atoms with Gasteiger partial charge in [0.05, 0.1) is 20.1 Å². The van der Waals surface area contributed by atoms with Crippen molar-refractivity contribution in [2.24, 2.45) is 0 Å². The summed E-state index contributed by atoms with van der Waals surface area (Å²) in [6.45, 7) is 3.11. The monoisotopic (exact) mass is 289 g/mol. The van der Waals surface area contributed by atoms with Gasteiger partial charge in [-0.1, -0.05) is 58.3 Å². The Bertz CT molecular complexity index is 208. The Balaban J connectivity index is 3.30. The lowest BCUT2D eigenvalue weighted by Crippen LogP contribution is -2.40. The first-order valence-corrected chi connectivity index (χ1v) is 8.39. The molecule has 0 aliphatic rings. The average molecular weight is 289 g/mol. The summed E-state index contributed by atoms with van der Waals surface area (Å²) in [6, 6.07) is 0. The molecular weight excluding hydrogens is 254 g/mol. The summed E-state index contributed by atoms with van der Waals surface area (Å²) < 4.78 is -0.353. The van der Waals surface area contributed by atoms with E-state index in [1.807, 2.05) is 0 Å². The predicted octanol–water partition coefficient (Wildman–Crippen LogP) is 3.55. The van der Waals surface area contributed by atoms with Crippen molar-refractivity contribution in [3.8, 4) is 0 Å². The summed E-state index contributed by atoms with van der Waals surface area (Å²) in [5.41, 5.74) is 0.